The number of fused-ring (bicyclic) bond motifs is 4. The molecule has 4 amide bonds. The molecule has 2 aliphatic heterocycles. The highest BCUT2D eigenvalue weighted by molar-refractivity contribution is 7.09. The lowest BCUT2D eigenvalue weighted by molar-refractivity contribution is -0.142. The molecular weight excluding hydrogens is 776 g/mol. The molecule has 2 saturated heterocycles. The van der Waals surface area contributed by atoms with Gasteiger partial charge in [-0.05, 0) is 66.0 Å². The van der Waals surface area contributed by atoms with Gasteiger partial charge in [0.15, 0.2) is 5.82 Å². The van der Waals surface area contributed by atoms with Crippen molar-refractivity contribution in [2.24, 2.45) is 23.7 Å². The minimum Gasteiger partial charge on any atom is -0.507 e. The van der Waals surface area contributed by atoms with Crippen LogP contribution in [0.15, 0.2) is 96.5 Å². The number of imide groups is 2. The third-order valence-corrected chi connectivity index (χ3v) is 12.8. The maximum atomic E-state index is 15.4. The Balaban J connectivity index is 1.32. The molecule has 1 saturated carbocycles. The summed E-state index contributed by atoms with van der Waals surface area (Å²) in [7, 11) is 0. The van der Waals surface area contributed by atoms with E-state index in [9.17, 15) is 32.7 Å². The number of aromatic hydroxyl groups is 1. The number of rotatable bonds is 8. The number of benzene rings is 2. The number of pyridine rings is 1. The van der Waals surface area contributed by atoms with Crippen molar-refractivity contribution in [1.82, 2.24) is 14.9 Å². The second-order valence-electron chi connectivity index (χ2n) is 14.1. The number of carbonyl (C=O) groups is 4. The van der Waals surface area contributed by atoms with E-state index in [2.05, 4.69) is 17.0 Å². The lowest BCUT2D eigenvalue weighted by Crippen LogP contribution is -2.53. The Morgan fingerprint density at radius 1 is 1.02 bits per heavy atom. The first-order chi connectivity index (χ1) is 26.3. The van der Waals surface area contributed by atoms with Crippen molar-refractivity contribution in [3.63, 3.8) is 0 Å². The Morgan fingerprint density at radius 3 is 2.45 bits per heavy atom. The van der Waals surface area contributed by atoms with Crippen LogP contribution < -0.4 is 5.43 Å². The van der Waals surface area contributed by atoms with E-state index < -0.39 is 63.6 Å². The molecule has 9 nitrogen and oxygen atoms in total. The van der Waals surface area contributed by atoms with Gasteiger partial charge < -0.3 is 5.11 Å². The van der Waals surface area contributed by atoms with Crippen molar-refractivity contribution < 1.29 is 37.5 Å². The number of hydrogen-bond acceptors (Lipinski definition) is 8. The number of alkyl halides is 3. The SMILES string of the molecule is C=CCc1cccc([C@H]2C3=CC[C@@H]4C(=O)N(Cc5cccs5)C(=O)[C@@H]4[C@@H]3C[C@H]3C(=O)N(Nc4ncc(C(F)(F)F)cc4Cl)C(=O)[C@@]23c2ccc(Cl)cc2)c1O. The van der Waals surface area contributed by atoms with Crippen LogP contribution in [0.1, 0.15) is 45.9 Å². The minimum atomic E-state index is -4.75. The van der Waals surface area contributed by atoms with Gasteiger partial charge >= 0.3 is 6.18 Å². The quantitative estimate of drug-likeness (QED) is 0.137. The monoisotopic (exact) mass is 806 g/mol. The molecule has 2 aromatic carbocycles. The Labute approximate surface area is 327 Å². The van der Waals surface area contributed by atoms with Gasteiger partial charge in [0.1, 0.15) is 5.75 Å². The molecule has 4 heterocycles. The molecule has 2 aliphatic carbocycles. The summed E-state index contributed by atoms with van der Waals surface area (Å²) in [5.41, 5.74) is 1.53. The van der Waals surface area contributed by atoms with E-state index in [1.807, 2.05) is 23.6 Å². The molecule has 2 aromatic heterocycles. The van der Waals surface area contributed by atoms with Crippen molar-refractivity contribution in [2.45, 2.75) is 43.3 Å². The molecule has 4 aliphatic rings. The number of likely N-dealkylation sites (tertiary alicyclic amines) is 1. The maximum absolute atomic E-state index is 15.4. The molecule has 55 heavy (non-hydrogen) atoms. The zero-order chi connectivity index (χ0) is 39.0. The smallest absolute Gasteiger partial charge is 0.417 e. The molecule has 282 valence electrons. The van der Waals surface area contributed by atoms with Crippen LogP contribution in [-0.4, -0.2) is 43.6 Å². The number of carbonyl (C=O) groups excluding carboxylic acids is 4. The summed E-state index contributed by atoms with van der Waals surface area (Å²) in [4.78, 5) is 64.4. The number of para-hydroxylation sites is 1. The summed E-state index contributed by atoms with van der Waals surface area (Å²) < 4.78 is 40.5. The number of hydrazine groups is 1. The average molecular weight is 808 g/mol. The molecule has 0 bridgehead atoms. The number of nitrogens with zero attached hydrogens (tertiary/aromatic N) is 3. The zero-order valence-corrected chi connectivity index (χ0v) is 31.1. The number of thiophene rings is 1. The van der Waals surface area contributed by atoms with Gasteiger partial charge in [0.2, 0.25) is 11.8 Å². The predicted molar refractivity (Wildman–Crippen MR) is 199 cm³/mol. The van der Waals surface area contributed by atoms with Crippen LogP contribution in [0.2, 0.25) is 10.0 Å². The standard InChI is InChI=1S/C40H31Cl2F3N4O5S/c1-2-5-20-6-3-8-27(33(20)50)32-25-13-14-26-31(37(53)48(35(26)51)19-24-7-4-15-55-24)28(25)17-29-36(52)49(38(54)39(29,32)21-9-11-23(41)12-10-21)47-34-30(42)16-22(18-46-34)40(43,44)45/h2-4,6-13,15-16,18,26,28-29,31-32,50H,1,5,14,17,19H2,(H,46,47)/t26-,28+,29-,31-,32+,39+/m0/s1. The summed E-state index contributed by atoms with van der Waals surface area (Å²) in [5, 5.41) is 14.4. The van der Waals surface area contributed by atoms with Crippen LogP contribution in [0.4, 0.5) is 19.0 Å². The van der Waals surface area contributed by atoms with Crippen LogP contribution in [0.25, 0.3) is 0 Å². The number of nitrogens with one attached hydrogen (secondary N) is 1. The summed E-state index contributed by atoms with van der Waals surface area (Å²) in [6.45, 7) is 3.91. The van der Waals surface area contributed by atoms with Crippen molar-refractivity contribution in [3.8, 4) is 5.75 Å². The van der Waals surface area contributed by atoms with Gasteiger partial charge in [0, 0.05) is 27.6 Å². The lowest BCUT2D eigenvalue weighted by atomic mass is 9.49. The van der Waals surface area contributed by atoms with E-state index in [0.29, 0.717) is 39.5 Å². The van der Waals surface area contributed by atoms with Crippen molar-refractivity contribution in [2.75, 3.05) is 5.43 Å². The van der Waals surface area contributed by atoms with Gasteiger partial charge in [-0.1, -0.05) is 77.3 Å². The van der Waals surface area contributed by atoms with Crippen LogP contribution in [0, 0.1) is 23.7 Å². The molecule has 2 N–H and O–H groups in total. The fourth-order valence-corrected chi connectivity index (χ4v) is 10.1. The fraction of sp³-hybridized carbons (Fsp3) is 0.275. The first kappa shape index (κ1) is 37.0. The minimum absolute atomic E-state index is 0.0397. The Hall–Kier alpha value is -4.98. The maximum Gasteiger partial charge on any atom is 0.417 e. The Kier molecular flexibility index (Phi) is 9.17. The van der Waals surface area contributed by atoms with E-state index in [-0.39, 0.29) is 49.2 Å². The van der Waals surface area contributed by atoms with Crippen LogP contribution >= 0.6 is 34.5 Å². The topological polar surface area (TPSA) is 120 Å². The predicted octanol–water partition coefficient (Wildman–Crippen LogP) is 8.09. The second kappa shape index (κ2) is 13.6. The molecule has 3 fully saturated rings. The third kappa shape index (κ3) is 5.77. The lowest BCUT2D eigenvalue weighted by Gasteiger charge is -2.50. The molecular formula is C40H31Cl2F3N4O5S. The molecule has 0 unspecified atom stereocenters. The van der Waals surface area contributed by atoms with Gasteiger partial charge in [0.25, 0.3) is 11.8 Å². The summed E-state index contributed by atoms with van der Waals surface area (Å²) in [5.74, 6) is -7.26. The van der Waals surface area contributed by atoms with Gasteiger partial charge in [-0.3, -0.25) is 29.5 Å². The van der Waals surface area contributed by atoms with Gasteiger partial charge in [-0.15, -0.1) is 17.9 Å². The van der Waals surface area contributed by atoms with E-state index in [4.69, 9.17) is 23.2 Å². The normalized spacial score (nSPS) is 26.1. The summed E-state index contributed by atoms with van der Waals surface area (Å²) in [6, 6.07) is 15.8. The number of allylic oxidation sites excluding steroid dienone is 3. The number of amides is 4. The number of halogens is 5. The number of aromatic nitrogens is 1. The van der Waals surface area contributed by atoms with Gasteiger partial charge in [-0.25, -0.2) is 4.98 Å². The molecule has 6 atom stereocenters. The highest BCUT2D eigenvalue weighted by Crippen LogP contribution is 2.65. The molecule has 15 heteroatoms. The van der Waals surface area contributed by atoms with Crippen LogP contribution in [-0.2, 0) is 43.7 Å². The average Bonchev–Trinajstić information content (AvgIpc) is 3.81. The van der Waals surface area contributed by atoms with Crippen LogP contribution in [0.5, 0.6) is 5.75 Å². The molecule has 0 spiro atoms. The summed E-state index contributed by atoms with van der Waals surface area (Å²) >= 11 is 14.0. The van der Waals surface area contributed by atoms with Crippen molar-refractivity contribution >= 4 is 64.0 Å². The number of anilines is 1. The largest absolute Gasteiger partial charge is 0.507 e. The highest BCUT2D eigenvalue weighted by Gasteiger charge is 2.70. The Morgan fingerprint density at radius 2 is 1.78 bits per heavy atom. The first-order valence-corrected chi connectivity index (χ1v) is 19.0. The van der Waals surface area contributed by atoms with Crippen LogP contribution in [0.3, 0.4) is 0 Å². The highest BCUT2D eigenvalue weighted by atomic mass is 35.5. The first-order valence-electron chi connectivity index (χ1n) is 17.4. The fourth-order valence-electron chi connectivity index (χ4n) is 9.07. The van der Waals surface area contributed by atoms with Crippen molar-refractivity contribution in [1.29, 1.82) is 0 Å². The number of phenolic OH excluding ortho intramolecular Hbond substituents is 1. The number of phenols is 1. The molecule has 0 radical (unpaired) electrons. The van der Waals surface area contributed by atoms with E-state index in [0.717, 1.165) is 9.89 Å². The van der Waals surface area contributed by atoms with Crippen molar-refractivity contribution in [3.05, 3.63) is 134 Å². The third-order valence-electron chi connectivity index (χ3n) is 11.4. The Bertz CT molecular complexity index is 2300. The molecule has 8 rings (SSSR count). The zero-order valence-electron chi connectivity index (χ0n) is 28.7. The van der Waals surface area contributed by atoms with Gasteiger partial charge in [-0.2, -0.15) is 18.2 Å². The van der Waals surface area contributed by atoms with E-state index in [1.165, 1.54) is 16.2 Å². The van der Waals surface area contributed by atoms with Gasteiger partial charge in [0.05, 0.1) is 40.3 Å². The van der Waals surface area contributed by atoms with E-state index in [1.54, 1.807) is 48.5 Å². The summed E-state index contributed by atoms with van der Waals surface area (Å²) in [6.07, 6.45) is -0.308. The second-order valence-corrected chi connectivity index (χ2v) is 16.0. The van der Waals surface area contributed by atoms with E-state index >= 15 is 4.79 Å². The molecule has 4 aromatic rings. The number of hydrogen-bond donors (Lipinski definition) is 2.